The maximum Gasteiger partial charge on any atom is 0.419 e. The highest BCUT2D eigenvalue weighted by atomic mass is 19.4. The molecule has 0 aliphatic rings. The third kappa shape index (κ3) is 4.13. The predicted molar refractivity (Wildman–Crippen MR) is 95.4 cm³/mol. The van der Waals surface area contributed by atoms with Gasteiger partial charge in [0.2, 0.25) is 5.91 Å². The number of nitrogens with one attached hydrogen (secondary N) is 1. The highest BCUT2D eigenvalue weighted by molar-refractivity contribution is 6.08. The van der Waals surface area contributed by atoms with Crippen molar-refractivity contribution < 1.29 is 22.4 Å². The smallest absolute Gasteiger partial charge is 0.322 e. The summed E-state index contributed by atoms with van der Waals surface area (Å²) in [5.74, 6) is -1.85. The number of alkyl halides is 3. The molecule has 0 fully saturated rings. The first-order valence-corrected chi connectivity index (χ1v) is 7.95. The third-order valence-corrected chi connectivity index (χ3v) is 4.02. The summed E-state index contributed by atoms with van der Waals surface area (Å²) >= 11 is 0. The van der Waals surface area contributed by atoms with Crippen LogP contribution in [0.3, 0.4) is 0 Å². The first-order valence-electron chi connectivity index (χ1n) is 7.95. The van der Waals surface area contributed by atoms with Crippen LogP contribution in [0.5, 0.6) is 0 Å². The average molecular weight is 374 g/mol. The number of allylic oxidation sites excluding steroid dienone is 1. The molecule has 2 aromatic carbocycles. The number of amides is 1. The Labute approximate surface area is 152 Å². The van der Waals surface area contributed by atoms with Crippen molar-refractivity contribution in [1.29, 1.82) is 0 Å². The van der Waals surface area contributed by atoms with Gasteiger partial charge in [-0.25, -0.2) is 4.39 Å². The van der Waals surface area contributed by atoms with Crippen LogP contribution < -0.4 is 5.32 Å². The van der Waals surface area contributed by atoms with Crippen LogP contribution in [0, 0.1) is 5.82 Å². The van der Waals surface area contributed by atoms with Crippen molar-refractivity contribution in [3.63, 3.8) is 0 Å². The molecular formula is C20H14F4N2O. The van der Waals surface area contributed by atoms with Crippen molar-refractivity contribution in [3.8, 4) is 0 Å². The molecule has 0 unspecified atom stereocenters. The van der Waals surface area contributed by atoms with Gasteiger partial charge in [0, 0.05) is 34.9 Å². The van der Waals surface area contributed by atoms with E-state index in [-0.39, 0.29) is 5.56 Å². The quantitative estimate of drug-likeness (QED) is 0.490. The van der Waals surface area contributed by atoms with E-state index in [1.54, 1.807) is 30.6 Å². The Balaban J connectivity index is 1.84. The van der Waals surface area contributed by atoms with E-state index in [9.17, 15) is 22.4 Å². The number of nitrogens with zero attached hydrogens (tertiary/aromatic N) is 1. The molecule has 3 rings (SSSR count). The Morgan fingerprint density at radius 1 is 1.15 bits per heavy atom. The summed E-state index contributed by atoms with van der Waals surface area (Å²) in [5.41, 5.74) is -0.241. The van der Waals surface area contributed by atoms with Gasteiger partial charge in [-0.3, -0.25) is 9.78 Å². The Bertz CT molecular complexity index is 1040. The Morgan fingerprint density at radius 2 is 1.93 bits per heavy atom. The van der Waals surface area contributed by atoms with E-state index in [2.05, 4.69) is 10.3 Å². The van der Waals surface area contributed by atoms with Gasteiger partial charge in [-0.2, -0.15) is 13.2 Å². The van der Waals surface area contributed by atoms with Crippen molar-refractivity contribution in [3.05, 3.63) is 77.9 Å². The molecule has 138 valence electrons. The topological polar surface area (TPSA) is 42.0 Å². The SMILES string of the molecule is CC(=CC(=O)Nc1cccc2cnccc12)c1ccc(C(F)(F)F)c(F)c1. The number of hydrogen-bond donors (Lipinski definition) is 1. The lowest BCUT2D eigenvalue weighted by Gasteiger charge is -2.10. The first kappa shape index (κ1) is 18.6. The Morgan fingerprint density at radius 3 is 2.63 bits per heavy atom. The predicted octanol–water partition coefficient (Wildman–Crippen LogP) is 5.43. The summed E-state index contributed by atoms with van der Waals surface area (Å²) in [4.78, 5) is 16.3. The molecule has 0 saturated carbocycles. The normalized spacial score (nSPS) is 12.3. The number of aromatic nitrogens is 1. The molecule has 0 bridgehead atoms. The Kier molecular flexibility index (Phi) is 4.94. The molecule has 1 heterocycles. The van der Waals surface area contributed by atoms with E-state index < -0.39 is 23.5 Å². The van der Waals surface area contributed by atoms with Crippen LogP contribution in [0.25, 0.3) is 16.3 Å². The van der Waals surface area contributed by atoms with E-state index in [1.165, 1.54) is 13.0 Å². The minimum atomic E-state index is -4.76. The monoisotopic (exact) mass is 374 g/mol. The third-order valence-electron chi connectivity index (χ3n) is 4.02. The minimum Gasteiger partial charge on any atom is -0.322 e. The summed E-state index contributed by atoms with van der Waals surface area (Å²) in [6.45, 7) is 1.52. The summed E-state index contributed by atoms with van der Waals surface area (Å²) in [5, 5.41) is 4.37. The summed E-state index contributed by atoms with van der Waals surface area (Å²) < 4.78 is 51.6. The van der Waals surface area contributed by atoms with E-state index in [4.69, 9.17) is 0 Å². The summed E-state index contributed by atoms with van der Waals surface area (Å²) in [6.07, 6.45) is -0.288. The lowest BCUT2D eigenvalue weighted by Crippen LogP contribution is -2.10. The fraction of sp³-hybridized carbons (Fsp3) is 0.100. The van der Waals surface area contributed by atoms with E-state index in [1.807, 2.05) is 6.07 Å². The first-order chi connectivity index (χ1) is 12.8. The second-order valence-electron chi connectivity index (χ2n) is 5.91. The van der Waals surface area contributed by atoms with Gasteiger partial charge in [0.05, 0.1) is 5.56 Å². The van der Waals surface area contributed by atoms with Crippen molar-refractivity contribution in [2.75, 3.05) is 5.32 Å². The van der Waals surface area contributed by atoms with Gasteiger partial charge in [0.15, 0.2) is 0 Å². The molecule has 3 nitrogen and oxygen atoms in total. The number of carbonyl (C=O) groups is 1. The van der Waals surface area contributed by atoms with E-state index >= 15 is 0 Å². The number of fused-ring (bicyclic) bond motifs is 1. The van der Waals surface area contributed by atoms with E-state index in [0.29, 0.717) is 17.3 Å². The zero-order valence-corrected chi connectivity index (χ0v) is 14.1. The van der Waals surface area contributed by atoms with Gasteiger partial charge >= 0.3 is 6.18 Å². The molecule has 1 N–H and O–H groups in total. The number of hydrogen-bond acceptors (Lipinski definition) is 2. The standard InChI is InChI=1S/C20H14F4N2O/c1-12(13-5-6-16(17(21)10-13)20(22,23)24)9-19(27)26-18-4-2-3-14-11-25-8-7-15(14)18/h2-11H,1H3,(H,26,27). The molecule has 3 aromatic rings. The number of carbonyl (C=O) groups excluding carboxylic acids is 1. The number of halogens is 4. The lowest BCUT2D eigenvalue weighted by molar-refractivity contribution is -0.140. The lowest BCUT2D eigenvalue weighted by atomic mass is 10.0. The maximum absolute atomic E-state index is 13.7. The zero-order chi connectivity index (χ0) is 19.6. The van der Waals surface area contributed by atoms with Gasteiger partial charge < -0.3 is 5.32 Å². The highest BCUT2D eigenvalue weighted by Gasteiger charge is 2.33. The van der Waals surface area contributed by atoms with Crippen LogP contribution in [0.1, 0.15) is 18.1 Å². The van der Waals surface area contributed by atoms with Crippen LogP contribution in [0.15, 0.2) is 60.9 Å². The van der Waals surface area contributed by atoms with Crippen LogP contribution in [0.2, 0.25) is 0 Å². The van der Waals surface area contributed by atoms with Crippen LogP contribution >= 0.6 is 0 Å². The molecule has 7 heteroatoms. The second-order valence-corrected chi connectivity index (χ2v) is 5.91. The number of pyridine rings is 1. The van der Waals surface area contributed by atoms with Crippen molar-refractivity contribution in [1.82, 2.24) is 4.98 Å². The zero-order valence-electron chi connectivity index (χ0n) is 14.1. The molecule has 1 amide bonds. The Hall–Kier alpha value is -3.22. The van der Waals surface area contributed by atoms with Crippen molar-refractivity contribution in [2.45, 2.75) is 13.1 Å². The van der Waals surface area contributed by atoms with Gasteiger partial charge in [-0.1, -0.05) is 18.2 Å². The second kappa shape index (κ2) is 7.19. The van der Waals surface area contributed by atoms with Crippen LogP contribution in [0.4, 0.5) is 23.2 Å². The van der Waals surface area contributed by atoms with Gasteiger partial charge in [-0.15, -0.1) is 0 Å². The van der Waals surface area contributed by atoms with E-state index in [0.717, 1.165) is 22.9 Å². The summed E-state index contributed by atoms with van der Waals surface area (Å²) in [7, 11) is 0. The molecule has 1 aromatic heterocycles. The fourth-order valence-electron chi connectivity index (χ4n) is 2.67. The van der Waals surface area contributed by atoms with Crippen molar-refractivity contribution in [2.24, 2.45) is 0 Å². The molecule has 0 aliphatic carbocycles. The fourth-order valence-corrected chi connectivity index (χ4v) is 2.67. The summed E-state index contributed by atoms with van der Waals surface area (Å²) in [6, 6.07) is 9.66. The maximum atomic E-state index is 13.7. The largest absolute Gasteiger partial charge is 0.419 e. The number of benzene rings is 2. The van der Waals surface area contributed by atoms with Crippen LogP contribution in [-0.2, 0) is 11.0 Å². The van der Waals surface area contributed by atoms with Crippen LogP contribution in [-0.4, -0.2) is 10.9 Å². The van der Waals surface area contributed by atoms with Gasteiger partial charge in [-0.05, 0) is 42.3 Å². The van der Waals surface area contributed by atoms with Gasteiger partial charge in [0.1, 0.15) is 5.82 Å². The van der Waals surface area contributed by atoms with Gasteiger partial charge in [0.25, 0.3) is 0 Å². The van der Waals surface area contributed by atoms with Crippen molar-refractivity contribution >= 4 is 27.9 Å². The molecular weight excluding hydrogens is 360 g/mol. The molecule has 0 saturated heterocycles. The molecule has 27 heavy (non-hydrogen) atoms. The molecule has 0 aliphatic heterocycles. The highest BCUT2D eigenvalue weighted by Crippen LogP contribution is 2.32. The molecule has 0 atom stereocenters. The average Bonchev–Trinajstić information content (AvgIpc) is 2.60. The number of anilines is 1. The molecule has 0 radical (unpaired) electrons. The number of rotatable bonds is 3. The molecule has 0 spiro atoms. The minimum absolute atomic E-state index is 0.192.